The molecule has 0 fully saturated rings. The molecule has 156 valence electrons. The standard InChI is InChI=1S/C24H31FN2O2/c1-16(2)12-24(28,14-20-11-18-15-26-9-8-21(18)27-20)23(3,4)13-17-10-19(25)6-7-22(17)29-5/h6-11,15-16,27-28H,12-14H2,1-5H3. The first kappa shape index (κ1) is 21.3. The molecule has 0 amide bonds. The normalized spacial score (nSPS) is 14.3. The smallest absolute Gasteiger partial charge is 0.123 e. The van der Waals surface area contributed by atoms with Crippen LogP contribution >= 0.6 is 0 Å². The molecule has 0 saturated heterocycles. The van der Waals surface area contributed by atoms with Gasteiger partial charge in [0.25, 0.3) is 0 Å². The van der Waals surface area contributed by atoms with Crippen molar-refractivity contribution in [2.75, 3.05) is 7.11 Å². The summed E-state index contributed by atoms with van der Waals surface area (Å²) in [7, 11) is 1.59. The Hall–Kier alpha value is -2.40. The number of fused-ring (bicyclic) bond motifs is 1. The van der Waals surface area contributed by atoms with Crippen LogP contribution < -0.4 is 4.74 Å². The molecule has 3 aromatic rings. The largest absolute Gasteiger partial charge is 0.496 e. The molecule has 3 rings (SSSR count). The van der Waals surface area contributed by atoms with E-state index in [2.05, 4.69) is 23.8 Å². The van der Waals surface area contributed by atoms with Crippen molar-refractivity contribution in [3.05, 3.63) is 59.8 Å². The average Bonchev–Trinajstić information content (AvgIpc) is 3.02. The predicted octanol–water partition coefficient (Wildman–Crippen LogP) is 5.30. The van der Waals surface area contributed by atoms with Gasteiger partial charge in [0, 0.05) is 35.4 Å². The summed E-state index contributed by atoms with van der Waals surface area (Å²) in [5, 5.41) is 12.9. The van der Waals surface area contributed by atoms with Crippen LogP contribution in [0, 0.1) is 17.2 Å². The molecular weight excluding hydrogens is 367 g/mol. The summed E-state index contributed by atoms with van der Waals surface area (Å²) < 4.78 is 19.3. The molecule has 2 aromatic heterocycles. The van der Waals surface area contributed by atoms with E-state index in [-0.39, 0.29) is 5.82 Å². The Balaban J connectivity index is 1.96. The van der Waals surface area contributed by atoms with Gasteiger partial charge in [0.1, 0.15) is 11.6 Å². The maximum Gasteiger partial charge on any atom is 0.123 e. The fourth-order valence-corrected chi connectivity index (χ4v) is 4.23. The molecular formula is C24H31FN2O2. The van der Waals surface area contributed by atoms with Crippen LogP contribution in [0.1, 0.15) is 45.4 Å². The zero-order valence-corrected chi connectivity index (χ0v) is 17.9. The molecule has 0 saturated carbocycles. The number of aliphatic hydroxyl groups is 1. The number of hydrogen-bond donors (Lipinski definition) is 2. The van der Waals surface area contributed by atoms with Gasteiger partial charge in [-0.1, -0.05) is 27.7 Å². The van der Waals surface area contributed by atoms with Gasteiger partial charge in [0.15, 0.2) is 0 Å². The van der Waals surface area contributed by atoms with Crippen LogP contribution in [0.3, 0.4) is 0 Å². The molecule has 2 heterocycles. The molecule has 5 heteroatoms. The maximum absolute atomic E-state index is 13.9. The number of aromatic nitrogens is 2. The van der Waals surface area contributed by atoms with E-state index in [0.29, 0.717) is 30.9 Å². The first-order valence-electron chi connectivity index (χ1n) is 10.1. The third kappa shape index (κ3) is 4.61. The van der Waals surface area contributed by atoms with E-state index in [9.17, 15) is 9.50 Å². The first-order valence-corrected chi connectivity index (χ1v) is 10.1. The Morgan fingerprint density at radius 3 is 2.59 bits per heavy atom. The zero-order chi connectivity index (χ0) is 21.2. The highest BCUT2D eigenvalue weighted by Gasteiger charge is 2.44. The number of pyridine rings is 1. The second-order valence-electron chi connectivity index (χ2n) is 9.08. The molecule has 0 aliphatic carbocycles. The van der Waals surface area contributed by atoms with Gasteiger partial charge < -0.3 is 14.8 Å². The summed E-state index contributed by atoms with van der Waals surface area (Å²) in [5.74, 6) is 0.648. The van der Waals surface area contributed by atoms with Crippen molar-refractivity contribution in [2.45, 2.75) is 52.6 Å². The third-order valence-electron chi connectivity index (χ3n) is 5.84. The summed E-state index contributed by atoms with van der Waals surface area (Å²) in [5.41, 5.74) is 1.23. The van der Waals surface area contributed by atoms with Crippen LogP contribution in [0.5, 0.6) is 5.75 Å². The molecule has 0 bridgehead atoms. The van der Waals surface area contributed by atoms with E-state index in [4.69, 9.17) is 4.74 Å². The van der Waals surface area contributed by atoms with Crippen molar-refractivity contribution in [1.29, 1.82) is 0 Å². The van der Waals surface area contributed by atoms with Gasteiger partial charge in [0.05, 0.1) is 12.7 Å². The average molecular weight is 399 g/mol. The second kappa shape index (κ2) is 8.15. The summed E-state index contributed by atoms with van der Waals surface area (Å²) in [6.07, 6.45) is 5.18. The molecule has 0 aliphatic rings. The molecule has 1 atom stereocenters. The lowest BCUT2D eigenvalue weighted by Crippen LogP contribution is -2.49. The number of ether oxygens (including phenoxy) is 1. The highest BCUT2D eigenvalue weighted by atomic mass is 19.1. The monoisotopic (exact) mass is 398 g/mol. The number of rotatable bonds is 8. The fraction of sp³-hybridized carbons (Fsp3) is 0.458. The topological polar surface area (TPSA) is 58.1 Å². The fourth-order valence-electron chi connectivity index (χ4n) is 4.23. The number of halogens is 1. The number of nitrogens with one attached hydrogen (secondary N) is 1. The number of nitrogens with zero attached hydrogens (tertiary/aromatic N) is 1. The van der Waals surface area contributed by atoms with E-state index < -0.39 is 11.0 Å². The van der Waals surface area contributed by atoms with Crippen molar-refractivity contribution in [2.24, 2.45) is 11.3 Å². The van der Waals surface area contributed by atoms with Gasteiger partial charge >= 0.3 is 0 Å². The molecule has 4 nitrogen and oxygen atoms in total. The van der Waals surface area contributed by atoms with Gasteiger partial charge in [-0.05, 0) is 60.1 Å². The third-order valence-corrected chi connectivity index (χ3v) is 5.84. The van der Waals surface area contributed by atoms with E-state index >= 15 is 0 Å². The van der Waals surface area contributed by atoms with Crippen LogP contribution in [0.25, 0.3) is 10.9 Å². The molecule has 1 aromatic carbocycles. The molecule has 0 spiro atoms. The summed E-state index contributed by atoms with van der Waals surface area (Å²) >= 11 is 0. The van der Waals surface area contributed by atoms with Gasteiger partial charge in [-0.2, -0.15) is 0 Å². The van der Waals surface area contributed by atoms with Crippen LogP contribution in [0.2, 0.25) is 0 Å². The molecule has 0 aliphatic heterocycles. The molecule has 29 heavy (non-hydrogen) atoms. The summed E-state index contributed by atoms with van der Waals surface area (Å²) in [4.78, 5) is 7.58. The van der Waals surface area contributed by atoms with Gasteiger partial charge in [-0.3, -0.25) is 4.98 Å². The highest BCUT2D eigenvalue weighted by Crippen LogP contribution is 2.43. The lowest BCUT2D eigenvalue weighted by Gasteiger charge is -2.44. The van der Waals surface area contributed by atoms with Crippen molar-refractivity contribution >= 4 is 10.9 Å². The summed E-state index contributed by atoms with van der Waals surface area (Å²) in [6.45, 7) is 8.31. The van der Waals surface area contributed by atoms with Crippen molar-refractivity contribution < 1.29 is 14.2 Å². The Bertz CT molecular complexity index is 947. The van der Waals surface area contributed by atoms with E-state index in [0.717, 1.165) is 22.2 Å². The Morgan fingerprint density at radius 2 is 1.93 bits per heavy atom. The molecule has 0 radical (unpaired) electrons. The second-order valence-corrected chi connectivity index (χ2v) is 9.08. The van der Waals surface area contributed by atoms with Crippen molar-refractivity contribution in [3.8, 4) is 5.75 Å². The van der Waals surface area contributed by atoms with Gasteiger partial charge in [-0.25, -0.2) is 4.39 Å². The van der Waals surface area contributed by atoms with E-state index in [1.54, 1.807) is 19.4 Å². The minimum atomic E-state index is -0.993. The minimum Gasteiger partial charge on any atom is -0.496 e. The number of benzene rings is 1. The van der Waals surface area contributed by atoms with Crippen LogP contribution in [-0.2, 0) is 12.8 Å². The molecule has 1 unspecified atom stereocenters. The van der Waals surface area contributed by atoms with E-state index in [1.807, 2.05) is 32.2 Å². The Kier molecular flexibility index (Phi) is 5.99. The summed E-state index contributed by atoms with van der Waals surface area (Å²) in [6, 6.07) is 8.53. The SMILES string of the molecule is COc1ccc(F)cc1CC(C)(C)C(O)(Cc1cc2cnccc2[nH]1)CC(C)C. The predicted molar refractivity (Wildman–Crippen MR) is 115 cm³/mol. The highest BCUT2D eigenvalue weighted by molar-refractivity contribution is 5.79. The lowest BCUT2D eigenvalue weighted by molar-refractivity contribution is -0.0820. The van der Waals surface area contributed by atoms with Crippen LogP contribution in [0.4, 0.5) is 4.39 Å². The maximum atomic E-state index is 13.9. The number of hydrogen-bond acceptors (Lipinski definition) is 3. The van der Waals surface area contributed by atoms with Crippen LogP contribution in [-0.4, -0.2) is 27.8 Å². The Morgan fingerprint density at radius 1 is 1.17 bits per heavy atom. The number of aromatic amines is 1. The van der Waals surface area contributed by atoms with Gasteiger partial charge in [-0.15, -0.1) is 0 Å². The first-order chi connectivity index (χ1) is 13.6. The Labute approximate surface area is 172 Å². The van der Waals surface area contributed by atoms with Gasteiger partial charge in [0.2, 0.25) is 0 Å². The minimum absolute atomic E-state index is 0.299. The number of H-pyrrole nitrogens is 1. The number of methoxy groups -OCH3 is 1. The quantitative estimate of drug-likeness (QED) is 0.541. The zero-order valence-electron chi connectivity index (χ0n) is 17.9. The van der Waals surface area contributed by atoms with Crippen molar-refractivity contribution in [1.82, 2.24) is 9.97 Å². The van der Waals surface area contributed by atoms with Crippen molar-refractivity contribution in [3.63, 3.8) is 0 Å². The van der Waals surface area contributed by atoms with E-state index in [1.165, 1.54) is 12.1 Å². The van der Waals surface area contributed by atoms with Crippen LogP contribution in [0.15, 0.2) is 42.7 Å². The lowest BCUT2D eigenvalue weighted by atomic mass is 9.65. The molecule has 2 N–H and O–H groups in total.